The van der Waals surface area contributed by atoms with Gasteiger partial charge in [-0.1, -0.05) is 23.5 Å². The first-order valence-electron chi connectivity index (χ1n) is 4.03. The highest BCUT2D eigenvalue weighted by Gasteiger charge is 2.04. The second-order valence-electron chi connectivity index (χ2n) is 2.68. The zero-order valence-electron chi connectivity index (χ0n) is 7.60. The van der Waals surface area contributed by atoms with E-state index in [4.69, 9.17) is 10.5 Å². The first-order valence-corrected chi connectivity index (χ1v) is 4.84. The highest BCUT2D eigenvalue weighted by atomic mass is 32.1. The van der Waals surface area contributed by atoms with E-state index in [1.54, 1.807) is 7.11 Å². The Kier molecular flexibility index (Phi) is 2.32. The van der Waals surface area contributed by atoms with E-state index in [0.717, 1.165) is 16.3 Å². The van der Waals surface area contributed by atoms with Crippen LogP contribution in [0.3, 0.4) is 0 Å². The predicted molar refractivity (Wildman–Crippen MR) is 56.3 cm³/mol. The van der Waals surface area contributed by atoms with Crippen molar-refractivity contribution < 1.29 is 4.74 Å². The van der Waals surface area contributed by atoms with Gasteiger partial charge in [-0.15, -0.1) is 10.2 Å². The summed E-state index contributed by atoms with van der Waals surface area (Å²) < 4.78 is 5.11. The molecule has 14 heavy (non-hydrogen) atoms. The smallest absolute Gasteiger partial charge is 0.203 e. The van der Waals surface area contributed by atoms with Crippen LogP contribution in [0, 0.1) is 0 Å². The Bertz CT molecular complexity index is 441. The summed E-state index contributed by atoms with van der Waals surface area (Å²) in [5.74, 6) is 0.802. The molecule has 2 rings (SSSR count). The minimum absolute atomic E-state index is 0.475. The lowest BCUT2D eigenvalue weighted by Gasteiger charge is -2.00. The third-order valence-electron chi connectivity index (χ3n) is 1.76. The van der Waals surface area contributed by atoms with Crippen molar-refractivity contribution in [3.8, 4) is 16.3 Å². The molecule has 0 amide bonds. The summed E-state index contributed by atoms with van der Waals surface area (Å²) in [6, 6.07) is 7.64. The molecule has 0 unspecified atom stereocenters. The van der Waals surface area contributed by atoms with E-state index in [-0.39, 0.29) is 0 Å². The molecule has 0 atom stereocenters. The van der Waals surface area contributed by atoms with E-state index in [9.17, 15) is 0 Å². The van der Waals surface area contributed by atoms with Crippen molar-refractivity contribution in [3.05, 3.63) is 24.3 Å². The Balaban J connectivity index is 2.41. The number of aromatic nitrogens is 2. The van der Waals surface area contributed by atoms with Gasteiger partial charge in [0.15, 0.2) is 0 Å². The zero-order chi connectivity index (χ0) is 9.97. The number of nitrogen functional groups attached to an aromatic ring is 1. The van der Waals surface area contributed by atoms with Crippen LogP contribution in [0.4, 0.5) is 5.13 Å². The summed E-state index contributed by atoms with van der Waals surface area (Å²) in [6.07, 6.45) is 0. The van der Waals surface area contributed by atoms with Crippen LogP contribution < -0.4 is 10.5 Å². The number of hydrogen-bond donors (Lipinski definition) is 1. The van der Waals surface area contributed by atoms with Gasteiger partial charge in [-0.3, -0.25) is 0 Å². The highest BCUT2D eigenvalue weighted by molar-refractivity contribution is 7.18. The van der Waals surface area contributed by atoms with Gasteiger partial charge in [0.2, 0.25) is 5.13 Å². The number of rotatable bonds is 2. The second-order valence-corrected chi connectivity index (χ2v) is 3.69. The summed E-state index contributed by atoms with van der Waals surface area (Å²) in [5.41, 5.74) is 6.47. The normalized spacial score (nSPS) is 10.1. The SMILES string of the molecule is COc1cccc(-c2nnc(N)s2)c1. The molecule has 4 nitrogen and oxygen atoms in total. The molecule has 1 aromatic heterocycles. The molecule has 5 heteroatoms. The van der Waals surface area contributed by atoms with Gasteiger partial charge in [0.1, 0.15) is 10.8 Å². The number of benzene rings is 1. The topological polar surface area (TPSA) is 61.0 Å². The molecule has 0 saturated heterocycles. The van der Waals surface area contributed by atoms with Crippen molar-refractivity contribution in [3.63, 3.8) is 0 Å². The van der Waals surface area contributed by atoms with Crippen LogP contribution in [0.5, 0.6) is 5.75 Å². The Hall–Kier alpha value is -1.62. The van der Waals surface area contributed by atoms with Gasteiger partial charge >= 0.3 is 0 Å². The summed E-state index contributed by atoms with van der Waals surface area (Å²) in [5, 5.41) is 8.99. The highest BCUT2D eigenvalue weighted by Crippen LogP contribution is 2.27. The molecule has 0 radical (unpaired) electrons. The number of methoxy groups -OCH3 is 1. The Morgan fingerprint density at radius 1 is 1.36 bits per heavy atom. The molecule has 2 aromatic rings. The fourth-order valence-electron chi connectivity index (χ4n) is 1.11. The van der Waals surface area contributed by atoms with Crippen LogP contribution in [-0.4, -0.2) is 17.3 Å². The molecule has 0 aliphatic carbocycles. The van der Waals surface area contributed by atoms with Crippen molar-refractivity contribution in [2.24, 2.45) is 0 Å². The summed E-state index contributed by atoms with van der Waals surface area (Å²) in [4.78, 5) is 0. The number of nitrogens with zero attached hydrogens (tertiary/aromatic N) is 2. The van der Waals surface area contributed by atoms with Gasteiger partial charge in [-0.2, -0.15) is 0 Å². The quantitative estimate of drug-likeness (QED) is 0.815. The fourth-order valence-corrected chi connectivity index (χ4v) is 1.71. The molecule has 1 aromatic carbocycles. The first-order chi connectivity index (χ1) is 6.79. The largest absolute Gasteiger partial charge is 0.497 e. The van der Waals surface area contributed by atoms with E-state index < -0.39 is 0 Å². The van der Waals surface area contributed by atoms with Crippen LogP contribution in [-0.2, 0) is 0 Å². The fraction of sp³-hybridized carbons (Fsp3) is 0.111. The zero-order valence-corrected chi connectivity index (χ0v) is 8.41. The maximum Gasteiger partial charge on any atom is 0.203 e. The van der Waals surface area contributed by atoms with E-state index >= 15 is 0 Å². The summed E-state index contributed by atoms with van der Waals surface area (Å²) >= 11 is 1.36. The van der Waals surface area contributed by atoms with E-state index in [0.29, 0.717) is 5.13 Å². The summed E-state index contributed by atoms with van der Waals surface area (Å²) in [6.45, 7) is 0. The molecular weight excluding hydrogens is 198 g/mol. The molecule has 0 bridgehead atoms. The maximum absolute atomic E-state index is 5.50. The Labute approximate surface area is 85.4 Å². The third kappa shape index (κ3) is 1.67. The van der Waals surface area contributed by atoms with Crippen molar-refractivity contribution >= 4 is 16.5 Å². The minimum Gasteiger partial charge on any atom is -0.497 e. The lowest BCUT2D eigenvalue weighted by atomic mass is 10.2. The Morgan fingerprint density at radius 2 is 2.21 bits per heavy atom. The maximum atomic E-state index is 5.50. The molecule has 0 aliphatic rings. The standard InChI is InChI=1S/C9H9N3OS/c1-13-7-4-2-3-6(5-7)8-11-12-9(10)14-8/h2-5H,1H3,(H2,10,12). The van der Waals surface area contributed by atoms with Crippen LogP contribution in [0.15, 0.2) is 24.3 Å². The van der Waals surface area contributed by atoms with Crippen molar-refractivity contribution in [2.75, 3.05) is 12.8 Å². The van der Waals surface area contributed by atoms with Crippen LogP contribution in [0.1, 0.15) is 0 Å². The molecule has 0 fully saturated rings. The predicted octanol–water partition coefficient (Wildman–Crippen LogP) is 1.80. The van der Waals surface area contributed by atoms with Crippen LogP contribution in [0.2, 0.25) is 0 Å². The molecular formula is C9H9N3OS. The molecule has 0 aliphatic heterocycles. The average Bonchev–Trinajstić information content (AvgIpc) is 2.65. The molecule has 0 spiro atoms. The van der Waals surface area contributed by atoms with Crippen LogP contribution in [0.25, 0.3) is 10.6 Å². The number of hydrogen-bond acceptors (Lipinski definition) is 5. The van der Waals surface area contributed by atoms with Gasteiger partial charge < -0.3 is 10.5 Å². The lowest BCUT2D eigenvalue weighted by Crippen LogP contribution is -1.83. The average molecular weight is 207 g/mol. The van der Waals surface area contributed by atoms with Crippen molar-refractivity contribution in [1.82, 2.24) is 10.2 Å². The monoisotopic (exact) mass is 207 g/mol. The minimum atomic E-state index is 0.475. The number of anilines is 1. The summed E-state index contributed by atoms with van der Waals surface area (Å²) in [7, 11) is 1.63. The lowest BCUT2D eigenvalue weighted by molar-refractivity contribution is 0.415. The Morgan fingerprint density at radius 3 is 2.86 bits per heavy atom. The number of ether oxygens (including phenoxy) is 1. The molecule has 1 heterocycles. The van der Waals surface area contributed by atoms with E-state index in [1.165, 1.54) is 11.3 Å². The molecule has 2 N–H and O–H groups in total. The first kappa shape index (κ1) is 8.96. The van der Waals surface area contributed by atoms with Crippen molar-refractivity contribution in [2.45, 2.75) is 0 Å². The molecule has 0 saturated carbocycles. The van der Waals surface area contributed by atoms with E-state index in [2.05, 4.69) is 10.2 Å². The van der Waals surface area contributed by atoms with Gasteiger partial charge in [-0.25, -0.2) is 0 Å². The van der Waals surface area contributed by atoms with E-state index in [1.807, 2.05) is 24.3 Å². The third-order valence-corrected chi connectivity index (χ3v) is 2.56. The van der Waals surface area contributed by atoms with Crippen LogP contribution >= 0.6 is 11.3 Å². The van der Waals surface area contributed by atoms with Gasteiger partial charge in [-0.05, 0) is 12.1 Å². The molecule has 72 valence electrons. The van der Waals surface area contributed by atoms with Crippen molar-refractivity contribution in [1.29, 1.82) is 0 Å². The number of nitrogens with two attached hydrogens (primary N) is 1. The van der Waals surface area contributed by atoms with Gasteiger partial charge in [0, 0.05) is 5.56 Å². The second kappa shape index (κ2) is 3.63. The van der Waals surface area contributed by atoms with Gasteiger partial charge in [0.25, 0.3) is 0 Å². The van der Waals surface area contributed by atoms with Gasteiger partial charge in [0.05, 0.1) is 7.11 Å².